The number of benzene rings is 1. The van der Waals surface area contributed by atoms with Crippen molar-refractivity contribution in [2.75, 3.05) is 0 Å². The van der Waals surface area contributed by atoms with E-state index in [-0.39, 0.29) is 11.8 Å². The molecule has 0 saturated heterocycles. The largest absolute Gasteiger partial charge is 0.349 e. The molecule has 2 aromatic rings. The predicted molar refractivity (Wildman–Crippen MR) is 70.5 cm³/mol. The molecule has 0 spiro atoms. The summed E-state index contributed by atoms with van der Waals surface area (Å²) in [5, 5.41) is 10.0. The molecular weight excluding hydrogens is 264 g/mol. The molecular formula is C13H13ClN4O. The zero-order valence-electron chi connectivity index (χ0n) is 10.1. The minimum absolute atomic E-state index is 0.0593. The molecule has 2 N–H and O–H groups in total. The van der Waals surface area contributed by atoms with Gasteiger partial charge in [0.05, 0.1) is 6.54 Å². The number of H-pyrrole nitrogens is 1. The molecule has 2 atom stereocenters. The van der Waals surface area contributed by atoms with Gasteiger partial charge in [-0.05, 0) is 30.0 Å². The quantitative estimate of drug-likeness (QED) is 0.896. The molecule has 0 aliphatic heterocycles. The molecule has 0 bridgehead atoms. The topological polar surface area (TPSA) is 70.7 Å². The number of halogens is 1. The van der Waals surface area contributed by atoms with Gasteiger partial charge < -0.3 is 5.32 Å². The molecule has 1 saturated carbocycles. The van der Waals surface area contributed by atoms with Crippen LogP contribution in [0.4, 0.5) is 0 Å². The summed E-state index contributed by atoms with van der Waals surface area (Å²) in [6.45, 7) is 0.392. The first-order chi connectivity index (χ1) is 9.24. The van der Waals surface area contributed by atoms with Gasteiger partial charge in [0.2, 0.25) is 5.91 Å². The lowest BCUT2D eigenvalue weighted by molar-refractivity contribution is -0.122. The molecule has 1 aromatic carbocycles. The van der Waals surface area contributed by atoms with Crippen molar-refractivity contribution in [2.24, 2.45) is 5.92 Å². The highest BCUT2D eigenvalue weighted by atomic mass is 35.5. The fourth-order valence-electron chi connectivity index (χ4n) is 2.18. The zero-order valence-corrected chi connectivity index (χ0v) is 10.9. The number of aromatic amines is 1. The summed E-state index contributed by atoms with van der Waals surface area (Å²) in [6, 6.07) is 7.69. The summed E-state index contributed by atoms with van der Waals surface area (Å²) >= 11 is 5.85. The number of carbonyl (C=O) groups is 1. The third-order valence-electron chi connectivity index (χ3n) is 3.32. The van der Waals surface area contributed by atoms with Crippen LogP contribution in [0.3, 0.4) is 0 Å². The van der Waals surface area contributed by atoms with Gasteiger partial charge in [0.25, 0.3) is 0 Å². The van der Waals surface area contributed by atoms with Gasteiger partial charge in [-0.25, -0.2) is 4.98 Å². The fraction of sp³-hybridized carbons (Fsp3) is 0.308. The fourth-order valence-corrected chi connectivity index (χ4v) is 2.31. The summed E-state index contributed by atoms with van der Waals surface area (Å²) in [4.78, 5) is 15.9. The zero-order chi connectivity index (χ0) is 13.2. The van der Waals surface area contributed by atoms with Gasteiger partial charge in [-0.3, -0.25) is 9.89 Å². The van der Waals surface area contributed by atoms with Crippen molar-refractivity contribution < 1.29 is 4.79 Å². The van der Waals surface area contributed by atoms with Crippen LogP contribution in [0, 0.1) is 5.92 Å². The lowest BCUT2D eigenvalue weighted by atomic mass is 10.1. The summed E-state index contributed by atoms with van der Waals surface area (Å²) < 4.78 is 0. The van der Waals surface area contributed by atoms with Crippen molar-refractivity contribution in [1.82, 2.24) is 20.5 Å². The van der Waals surface area contributed by atoms with Gasteiger partial charge in [0.15, 0.2) is 0 Å². The first-order valence-corrected chi connectivity index (χ1v) is 6.49. The maximum Gasteiger partial charge on any atom is 0.224 e. The first-order valence-electron chi connectivity index (χ1n) is 6.11. The summed E-state index contributed by atoms with van der Waals surface area (Å²) in [6.07, 6.45) is 2.32. The normalized spacial score (nSPS) is 21.1. The number of carbonyl (C=O) groups excluding carboxylic acids is 1. The molecule has 0 unspecified atom stereocenters. The van der Waals surface area contributed by atoms with Gasteiger partial charge in [-0.15, -0.1) is 0 Å². The van der Waals surface area contributed by atoms with Crippen LogP contribution in [0.1, 0.15) is 23.7 Å². The van der Waals surface area contributed by atoms with Crippen molar-refractivity contribution in [3.05, 3.63) is 47.0 Å². The van der Waals surface area contributed by atoms with E-state index in [1.165, 1.54) is 11.9 Å². The molecule has 6 heteroatoms. The molecule has 1 aliphatic carbocycles. The molecule has 3 rings (SSSR count). The molecule has 1 aromatic heterocycles. The van der Waals surface area contributed by atoms with Crippen LogP contribution in [0.2, 0.25) is 5.02 Å². The summed E-state index contributed by atoms with van der Waals surface area (Å²) in [5.74, 6) is 1.10. The van der Waals surface area contributed by atoms with E-state index in [1.807, 2.05) is 24.3 Å². The second kappa shape index (κ2) is 5.01. The van der Waals surface area contributed by atoms with E-state index in [0.29, 0.717) is 18.3 Å². The Morgan fingerprint density at radius 1 is 1.42 bits per heavy atom. The number of hydrogen-bond donors (Lipinski definition) is 2. The Bertz CT molecular complexity index is 567. The molecule has 19 heavy (non-hydrogen) atoms. The van der Waals surface area contributed by atoms with Crippen LogP contribution in [0.15, 0.2) is 30.6 Å². The Morgan fingerprint density at radius 2 is 2.21 bits per heavy atom. The van der Waals surface area contributed by atoms with Crippen molar-refractivity contribution >= 4 is 17.5 Å². The molecule has 1 amide bonds. The van der Waals surface area contributed by atoms with E-state index in [4.69, 9.17) is 11.6 Å². The SMILES string of the molecule is O=C(NCc1ncn[nH]1)[C@H]1C[C@@H]1c1ccc(Cl)cc1. The third-order valence-corrected chi connectivity index (χ3v) is 3.57. The number of amides is 1. The van der Waals surface area contributed by atoms with Crippen molar-refractivity contribution in [3.8, 4) is 0 Å². The van der Waals surface area contributed by atoms with E-state index in [9.17, 15) is 4.79 Å². The van der Waals surface area contributed by atoms with Crippen LogP contribution in [-0.4, -0.2) is 21.1 Å². The standard InChI is InChI=1S/C13H13ClN4O/c14-9-3-1-8(2-4-9)10-5-11(10)13(19)15-6-12-16-7-17-18-12/h1-4,7,10-11H,5-6H2,(H,15,19)(H,16,17,18)/t10-,11+/m1/s1. The lowest BCUT2D eigenvalue weighted by Gasteiger charge is -2.03. The number of nitrogens with one attached hydrogen (secondary N) is 2. The Labute approximate surface area is 115 Å². The van der Waals surface area contributed by atoms with Gasteiger partial charge in [-0.1, -0.05) is 23.7 Å². The second-order valence-electron chi connectivity index (χ2n) is 4.65. The average molecular weight is 277 g/mol. The number of rotatable bonds is 4. The van der Waals surface area contributed by atoms with E-state index in [0.717, 1.165) is 11.4 Å². The van der Waals surface area contributed by atoms with Crippen molar-refractivity contribution in [3.63, 3.8) is 0 Å². The van der Waals surface area contributed by atoms with Gasteiger partial charge in [0, 0.05) is 10.9 Å². The minimum Gasteiger partial charge on any atom is -0.349 e. The molecule has 1 aliphatic rings. The number of hydrogen-bond acceptors (Lipinski definition) is 3. The van der Waals surface area contributed by atoms with Crippen molar-refractivity contribution in [2.45, 2.75) is 18.9 Å². The Hall–Kier alpha value is -1.88. The maximum atomic E-state index is 12.0. The number of nitrogens with zero attached hydrogens (tertiary/aromatic N) is 2. The monoisotopic (exact) mass is 276 g/mol. The number of aromatic nitrogens is 3. The van der Waals surface area contributed by atoms with E-state index >= 15 is 0 Å². The Morgan fingerprint density at radius 3 is 2.89 bits per heavy atom. The molecule has 1 heterocycles. The Balaban J connectivity index is 1.54. The van der Waals surface area contributed by atoms with Crippen LogP contribution < -0.4 is 5.32 Å². The van der Waals surface area contributed by atoms with Crippen LogP contribution in [-0.2, 0) is 11.3 Å². The van der Waals surface area contributed by atoms with Gasteiger partial charge in [0.1, 0.15) is 12.2 Å². The third kappa shape index (κ3) is 2.76. The lowest BCUT2D eigenvalue weighted by Crippen LogP contribution is -2.25. The summed E-state index contributed by atoms with van der Waals surface area (Å²) in [5.41, 5.74) is 1.17. The molecule has 5 nitrogen and oxygen atoms in total. The maximum absolute atomic E-state index is 12.0. The highest BCUT2D eigenvalue weighted by Crippen LogP contribution is 2.47. The van der Waals surface area contributed by atoms with E-state index in [2.05, 4.69) is 20.5 Å². The molecule has 0 radical (unpaired) electrons. The highest BCUT2D eigenvalue weighted by molar-refractivity contribution is 6.30. The van der Waals surface area contributed by atoms with E-state index in [1.54, 1.807) is 0 Å². The average Bonchev–Trinajstić information content (AvgIpc) is 3.05. The summed E-state index contributed by atoms with van der Waals surface area (Å²) in [7, 11) is 0. The van der Waals surface area contributed by atoms with Crippen molar-refractivity contribution in [1.29, 1.82) is 0 Å². The van der Waals surface area contributed by atoms with E-state index < -0.39 is 0 Å². The second-order valence-corrected chi connectivity index (χ2v) is 5.09. The highest BCUT2D eigenvalue weighted by Gasteiger charge is 2.43. The predicted octanol–water partition coefficient (Wildman–Crippen LogP) is 1.88. The van der Waals surface area contributed by atoms with Gasteiger partial charge >= 0.3 is 0 Å². The van der Waals surface area contributed by atoms with Gasteiger partial charge in [-0.2, -0.15) is 5.10 Å². The van der Waals surface area contributed by atoms with Crippen LogP contribution in [0.25, 0.3) is 0 Å². The molecule has 1 fully saturated rings. The minimum atomic E-state index is 0.0593. The van der Waals surface area contributed by atoms with Crippen LogP contribution in [0.5, 0.6) is 0 Å². The molecule has 98 valence electrons. The Kier molecular flexibility index (Phi) is 3.21. The smallest absolute Gasteiger partial charge is 0.224 e. The first kappa shape index (κ1) is 12.2. The van der Waals surface area contributed by atoms with Crippen LogP contribution >= 0.6 is 11.6 Å².